The highest BCUT2D eigenvalue weighted by molar-refractivity contribution is 7.80. The molecule has 0 bridgehead atoms. The van der Waals surface area contributed by atoms with E-state index >= 15 is 0 Å². The lowest BCUT2D eigenvalue weighted by molar-refractivity contribution is -0.115. The zero-order valence-corrected chi connectivity index (χ0v) is 18.0. The summed E-state index contributed by atoms with van der Waals surface area (Å²) in [4.78, 5) is 27.6. The number of carbonyl (C=O) groups excluding carboxylic acids is 2. The Labute approximate surface area is 185 Å². The van der Waals surface area contributed by atoms with Crippen molar-refractivity contribution >= 4 is 52.2 Å². The molecule has 0 fully saturated rings. The van der Waals surface area contributed by atoms with Gasteiger partial charge in [0.2, 0.25) is 5.91 Å². The third kappa shape index (κ3) is 6.10. The fourth-order valence-electron chi connectivity index (χ4n) is 2.76. The molecule has 1 aromatic heterocycles. The molecule has 152 valence electrons. The van der Waals surface area contributed by atoms with E-state index in [1.807, 2.05) is 47.8 Å². The number of benzene rings is 2. The molecule has 0 spiro atoms. The lowest BCUT2D eigenvalue weighted by atomic mass is 10.1. The van der Waals surface area contributed by atoms with Crippen LogP contribution in [0.15, 0.2) is 78.2 Å². The van der Waals surface area contributed by atoms with E-state index in [0.717, 1.165) is 10.4 Å². The molecular formula is C23H21N3O2S2. The molecule has 3 rings (SSSR count). The van der Waals surface area contributed by atoms with Crippen LogP contribution in [0.4, 0.5) is 5.69 Å². The SMILES string of the molecule is CN(Cc1ccccc1)C(=O)c1ccccc1NC(=S)NC(=O)C=Cc1cccs1. The topological polar surface area (TPSA) is 61.4 Å². The van der Waals surface area contributed by atoms with Gasteiger partial charge in [0.25, 0.3) is 5.91 Å². The molecule has 2 aromatic carbocycles. The highest BCUT2D eigenvalue weighted by Crippen LogP contribution is 2.18. The number of nitrogens with one attached hydrogen (secondary N) is 2. The minimum Gasteiger partial charge on any atom is -0.337 e. The second-order valence-electron chi connectivity index (χ2n) is 6.48. The Hall–Kier alpha value is -3.29. The van der Waals surface area contributed by atoms with Crippen LogP contribution in [0.5, 0.6) is 0 Å². The first kappa shape index (κ1) is 21.4. The summed E-state index contributed by atoms with van der Waals surface area (Å²) in [7, 11) is 1.75. The van der Waals surface area contributed by atoms with Gasteiger partial charge in [0, 0.05) is 24.5 Å². The average molecular weight is 436 g/mol. The predicted molar refractivity (Wildman–Crippen MR) is 126 cm³/mol. The summed E-state index contributed by atoms with van der Waals surface area (Å²) in [6, 6.07) is 20.7. The van der Waals surface area contributed by atoms with Crippen LogP contribution in [0.2, 0.25) is 0 Å². The Morgan fingerprint density at radius 3 is 2.50 bits per heavy atom. The molecule has 3 aromatic rings. The molecule has 5 nitrogen and oxygen atoms in total. The number of nitrogens with zero attached hydrogens (tertiary/aromatic N) is 1. The number of carbonyl (C=O) groups is 2. The molecule has 0 aliphatic rings. The fraction of sp³-hybridized carbons (Fsp3) is 0.0870. The van der Waals surface area contributed by atoms with Gasteiger partial charge >= 0.3 is 0 Å². The van der Waals surface area contributed by atoms with Crippen molar-refractivity contribution in [3.63, 3.8) is 0 Å². The van der Waals surface area contributed by atoms with Crippen LogP contribution in [0.3, 0.4) is 0 Å². The zero-order chi connectivity index (χ0) is 21.3. The first-order valence-corrected chi connectivity index (χ1v) is 10.5. The number of thiocarbonyl (C=S) groups is 1. The number of para-hydroxylation sites is 1. The summed E-state index contributed by atoms with van der Waals surface area (Å²) in [5, 5.41) is 7.62. The van der Waals surface area contributed by atoms with Crippen LogP contribution in [-0.2, 0) is 11.3 Å². The van der Waals surface area contributed by atoms with Crippen molar-refractivity contribution in [3.05, 3.63) is 94.2 Å². The van der Waals surface area contributed by atoms with Crippen LogP contribution in [0.25, 0.3) is 6.08 Å². The third-order valence-electron chi connectivity index (χ3n) is 4.19. The van der Waals surface area contributed by atoms with Crippen molar-refractivity contribution in [1.82, 2.24) is 10.2 Å². The second-order valence-corrected chi connectivity index (χ2v) is 7.87. The summed E-state index contributed by atoms with van der Waals surface area (Å²) in [5.41, 5.74) is 2.05. The lowest BCUT2D eigenvalue weighted by Gasteiger charge is -2.20. The molecule has 30 heavy (non-hydrogen) atoms. The normalized spacial score (nSPS) is 10.6. The largest absolute Gasteiger partial charge is 0.337 e. The van der Waals surface area contributed by atoms with Gasteiger partial charge in [0.1, 0.15) is 0 Å². The van der Waals surface area contributed by atoms with Gasteiger partial charge in [0.05, 0.1) is 11.3 Å². The molecule has 7 heteroatoms. The van der Waals surface area contributed by atoms with E-state index in [1.54, 1.807) is 42.3 Å². The molecule has 1 heterocycles. The molecule has 0 aliphatic carbocycles. The number of anilines is 1. The van der Waals surface area contributed by atoms with E-state index in [-0.39, 0.29) is 16.9 Å². The van der Waals surface area contributed by atoms with Gasteiger partial charge in [-0.2, -0.15) is 0 Å². The quantitative estimate of drug-likeness (QED) is 0.441. The number of amides is 2. The number of hydrogen-bond donors (Lipinski definition) is 2. The lowest BCUT2D eigenvalue weighted by Crippen LogP contribution is -2.34. The summed E-state index contributed by atoms with van der Waals surface area (Å²) in [5.74, 6) is -0.487. The third-order valence-corrected chi connectivity index (χ3v) is 5.24. The number of hydrogen-bond acceptors (Lipinski definition) is 4. The molecule has 0 radical (unpaired) electrons. The molecule has 0 unspecified atom stereocenters. The highest BCUT2D eigenvalue weighted by Gasteiger charge is 2.16. The molecule has 0 atom stereocenters. The van der Waals surface area contributed by atoms with E-state index in [2.05, 4.69) is 10.6 Å². The Bertz CT molecular complexity index is 1050. The second kappa shape index (κ2) is 10.5. The van der Waals surface area contributed by atoms with Crippen LogP contribution in [0.1, 0.15) is 20.8 Å². The van der Waals surface area contributed by atoms with E-state index < -0.39 is 0 Å². The molecule has 2 N–H and O–H groups in total. The summed E-state index contributed by atoms with van der Waals surface area (Å²) < 4.78 is 0. The van der Waals surface area contributed by atoms with Crippen LogP contribution >= 0.6 is 23.6 Å². The van der Waals surface area contributed by atoms with Crippen molar-refractivity contribution in [2.24, 2.45) is 0 Å². The summed E-state index contributed by atoms with van der Waals surface area (Å²) in [6.45, 7) is 0.489. The number of thiophene rings is 1. The van der Waals surface area contributed by atoms with Crippen molar-refractivity contribution in [2.45, 2.75) is 6.54 Å². The Kier molecular flexibility index (Phi) is 7.48. The maximum absolute atomic E-state index is 13.0. The fourth-order valence-corrected chi connectivity index (χ4v) is 3.59. The van der Waals surface area contributed by atoms with Crippen molar-refractivity contribution in [1.29, 1.82) is 0 Å². The Morgan fingerprint density at radius 2 is 1.77 bits per heavy atom. The maximum atomic E-state index is 13.0. The molecule has 0 saturated carbocycles. The minimum absolute atomic E-state index is 0.127. The molecule has 0 aliphatic heterocycles. The smallest absolute Gasteiger partial charge is 0.256 e. The van der Waals surface area contributed by atoms with E-state index in [1.165, 1.54) is 17.4 Å². The van der Waals surface area contributed by atoms with Crippen molar-refractivity contribution in [2.75, 3.05) is 12.4 Å². The summed E-state index contributed by atoms with van der Waals surface area (Å²) in [6.07, 6.45) is 3.14. The minimum atomic E-state index is -0.342. The first-order chi connectivity index (χ1) is 14.5. The van der Waals surface area contributed by atoms with Gasteiger partial charge in [-0.15, -0.1) is 11.3 Å². The van der Waals surface area contributed by atoms with Gasteiger partial charge in [-0.25, -0.2) is 0 Å². The summed E-state index contributed by atoms with van der Waals surface area (Å²) >= 11 is 6.78. The Morgan fingerprint density at radius 1 is 1.03 bits per heavy atom. The highest BCUT2D eigenvalue weighted by atomic mass is 32.1. The monoisotopic (exact) mass is 435 g/mol. The zero-order valence-electron chi connectivity index (χ0n) is 16.4. The van der Waals surface area contributed by atoms with Gasteiger partial charge < -0.3 is 10.2 Å². The first-order valence-electron chi connectivity index (χ1n) is 9.25. The average Bonchev–Trinajstić information content (AvgIpc) is 3.26. The number of rotatable bonds is 6. The van der Waals surface area contributed by atoms with Crippen molar-refractivity contribution in [3.8, 4) is 0 Å². The molecule has 0 saturated heterocycles. The van der Waals surface area contributed by atoms with E-state index in [9.17, 15) is 9.59 Å². The Balaban J connectivity index is 1.63. The van der Waals surface area contributed by atoms with Gasteiger partial charge in [-0.1, -0.05) is 48.5 Å². The van der Waals surface area contributed by atoms with E-state index in [4.69, 9.17) is 12.2 Å². The van der Waals surface area contributed by atoms with E-state index in [0.29, 0.717) is 17.8 Å². The maximum Gasteiger partial charge on any atom is 0.256 e. The van der Waals surface area contributed by atoms with Gasteiger partial charge in [-0.3, -0.25) is 14.9 Å². The van der Waals surface area contributed by atoms with Crippen LogP contribution in [0, 0.1) is 0 Å². The van der Waals surface area contributed by atoms with Gasteiger partial charge in [0.15, 0.2) is 5.11 Å². The molecular weight excluding hydrogens is 414 g/mol. The van der Waals surface area contributed by atoms with Crippen LogP contribution in [-0.4, -0.2) is 28.9 Å². The van der Waals surface area contributed by atoms with Crippen molar-refractivity contribution < 1.29 is 9.59 Å². The van der Waals surface area contributed by atoms with Crippen LogP contribution < -0.4 is 10.6 Å². The van der Waals surface area contributed by atoms with Gasteiger partial charge in [-0.05, 0) is 47.4 Å². The predicted octanol–water partition coefficient (Wildman–Crippen LogP) is 4.55. The molecule has 2 amide bonds. The standard InChI is InChI=1S/C23H21N3O2S2/c1-26(16-17-8-3-2-4-9-17)22(28)19-11-5-6-12-20(19)24-23(29)25-21(27)14-13-18-10-7-15-30-18/h2-15H,16H2,1H3,(H2,24,25,27,29).